The van der Waals surface area contributed by atoms with Crippen molar-refractivity contribution in [2.45, 2.75) is 19.4 Å². The fraction of sp³-hybridized carbons (Fsp3) is 0.250. The number of anilines is 1. The molecule has 0 aromatic heterocycles. The van der Waals surface area contributed by atoms with E-state index in [1.165, 1.54) is 11.8 Å². The number of rotatable bonds is 6. The van der Waals surface area contributed by atoms with E-state index in [-0.39, 0.29) is 24.1 Å². The Bertz CT molecular complexity index is 771. The molecule has 0 aliphatic heterocycles. The first-order valence-electron chi connectivity index (χ1n) is 8.30. The monoisotopic (exact) mass is 353 g/mol. The molecule has 2 aromatic carbocycles. The molecule has 0 radical (unpaired) electrons. The summed E-state index contributed by atoms with van der Waals surface area (Å²) in [6.45, 7) is 1.42. The zero-order chi connectivity index (χ0) is 19.1. The quantitative estimate of drug-likeness (QED) is 0.838. The molecule has 0 bridgehead atoms. The lowest BCUT2D eigenvalue weighted by molar-refractivity contribution is -0.120. The van der Waals surface area contributed by atoms with Crippen LogP contribution in [0, 0.1) is 0 Å². The van der Waals surface area contributed by atoms with Crippen LogP contribution in [0.3, 0.4) is 0 Å². The van der Waals surface area contributed by atoms with E-state index < -0.39 is 6.04 Å². The van der Waals surface area contributed by atoms with Crippen LogP contribution < -0.4 is 10.6 Å². The molecule has 3 amide bonds. The van der Waals surface area contributed by atoms with E-state index in [9.17, 15) is 14.4 Å². The highest BCUT2D eigenvalue weighted by Gasteiger charge is 2.17. The average molecular weight is 353 g/mol. The first-order chi connectivity index (χ1) is 12.4. The second-order valence-electron chi connectivity index (χ2n) is 6.19. The normalized spacial score (nSPS) is 11.3. The molecule has 2 rings (SSSR count). The van der Waals surface area contributed by atoms with Crippen molar-refractivity contribution in [3.8, 4) is 0 Å². The number of carbonyl (C=O) groups is 3. The summed E-state index contributed by atoms with van der Waals surface area (Å²) >= 11 is 0. The van der Waals surface area contributed by atoms with Crippen molar-refractivity contribution in [2.24, 2.45) is 0 Å². The van der Waals surface area contributed by atoms with Crippen LogP contribution in [0.5, 0.6) is 0 Å². The first-order valence-corrected chi connectivity index (χ1v) is 8.30. The van der Waals surface area contributed by atoms with Crippen molar-refractivity contribution in [3.63, 3.8) is 0 Å². The minimum Gasteiger partial charge on any atom is -0.349 e. The number of nitrogens with zero attached hydrogens (tertiary/aromatic N) is 1. The van der Waals surface area contributed by atoms with Crippen molar-refractivity contribution in [3.05, 3.63) is 65.7 Å². The molecule has 0 unspecified atom stereocenters. The highest BCUT2D eigenvalue weighted by atomic mass is 16.2. The number of carbonyl (C=O) groups excluding carboxylic acids is 3. The van der Waals surface area contributed by atoms with E-state index in [1.807, 2.05) is 30.3 Å². The maximum absolute atomic E-state index is 12.4. The standard InChI is InChI=1S/C20H23N3O3/c1-14(24)21-18(15-7-5-4-6-8-15)13-19(25)22-17-11-9-16(10-12-17)20(26)23(2)3/h4-12,18H,13H2,1-3H3,(H,21,24)(H,22,25)/t18-/m0/s1. The van der Waals surface area contributed by atoms with Crippen LogP contribution in [0.2, 0.25) is 0 Å². The summed E-state index contributed by atoms with van der Waals surface area (Å²) < 4.78 is 0. The average Bonchev–Trinajstić information content (AvgIpc) is 2.61. The predicted octanol–water partition coefficient (Wildman–Crippen LogP) is 2.59. The molecule has 2 aromatic rings. The number of amides is 3. The Balaban J connectivity index is 2.03. The largest absolute Gasteiger partial charge is 0.349 e. The number of benzene rings is 2. The van der Waals surface area contributed by atoms with Crippen LogP contribution in [0.1, 0.15) is 35.3 Å². The van der Waals surface area contributed by atoms with Gasteiger partial charge in [0.25, 0.3) is 5.91 Å². The van der Waals surface area contributed by atoms with E-state index >= 15 is 0 Å². The minimum absolute atomic E-state index is 0.0994. The molecule has 0 aliphatic carbocycles. The fourth-order valence-corrected chi connectivity index (χ4v) is 2.53. The van der Waals surface area contributed by atoms with Gasteiger partial charge >= 0.3 is 0 Å². The fourth-order valence-electron chi connectivity index (χ4n) is 2.53. The van der Waals surface area contributed by atoms with Gasteiger partial charge < -0.3 is 15.5 Å². The van der Waals surface area contributed by atoms with E-state index in [4.69, 9.17) is 0 Å². The van der Waals surface area contributed by atoms with Crippen molar-refractivity contribution in [1.82, 2.24) is 10.2 Å². The molecule has 1 atom stereocenters. The number of hydrogen-bond acceptors (Lipinski definition) is 3. The van der Waals surface area contributed by atoms with Gasteiger partial charge in [0, 0.05) is 32.3 Å². The molecule has 6 nitrogen and oxygen atoms in total. The molecular formula is C20H23N3O3. The second-order valence-corrected chi connectivity index (χ2v) is 6.19. The van der Waals surface area contributed by atoms with Gasteiger partial charge in [-0.3, -0.25) is 14.4 Å². The maximum atomic E-state index is 12.4. The van der Waals surface area contributed by atoms with Crippen molar-refractivity contribution >= 4 is 23.4 Å². The zero-order valence-corrected chi connectivity index (χ0v) is 15.2. The summed E-state index contributed by atoms with van der Waals surface area (Å²) in [5.74, 6) is -0.518. The van der Waals surface area contributed by atoms with Crippen LogP contribution >= 0.6 is 0 Å². The number of nitrogens with one attached hydrogen (secondary N) is 2. The molecule has 0 saturated heterocycles. The summed E-state index contributed by atoms with van der Waals surface area (Å²) in [6.07, 6.45) is 0.113. The van der Waals surface area contributed by atoms with Crippen LogP contribution in [-0.4, -0.2) is 36.7 Å². The molecule has 6 heteroatoms. The van der Waals surface area contributed by atoms with Crippen LogP contribution in [-0.2, 0) is 9.59 Å². The van der Waals surface area contributed by atoms with Gasteiger partial charge in [0.15, 0.2) is 0 Å². The van der Waals surface area contributed by atoms with Crippen molar-refractivity contribution in [2.75, 3.05) is 19.4 Å². The Labute approximate surface area is 153 Å². The van der Waals surface area contributed by atoms with E-state index in [1.54, 1.807) is 38.4 Å². The van der Waals surface area contributed by atoms with Gasteiger partial charge in [0.05, 0.1) is 12.5 Å². The molecule has 26 heavy (non-hydrogen) atoms. The molecular weight excluding hydrogens is 330 g/mol. The summed E-state index contributed by atoms with van der Waals surface area (Å²) in [7, 11) is 3.37. The maximum Gasteiger partial charge on any atom is 0.253 e. The molecule has 0 saturated carbocycles. The Hall–Kier alpha value is -3.15. The van der Waals surface area contributed by atoms with Crippen LogP contribution in [0.4, 0.5) is 5.69 Å². The third-order valence-electron chi connectivity index (χ3n) is 3.79. The first kappa shape index (κ1) is 19.2. The molecule has 2 N–H and O–H groups in total. The van der Waals surface area contributed by atoms with Crippen molar-refractivity contribution < 1.29 is 14.4 Å². The third kappa shape index (κ3) is 5.44. The van der Waals surface area contributed by atoms with Gasteiger partial charge in [0.1, 0.15) is 0 Å². The van der Waals surface area contributed by atoms with Crippen LogP contribution in [0.15, 0.2) is 54.6 Å². The van der Waals surface area contributed by atoms with Crippen LogP contribution in [0.25, 0.3) is 0 Å². The summed E-state index contributed by atoms with van der Waals surface area (Å²) in [5, 5.41) is 5.60. The SMILES string of the molecule is CC(=O)N[C@@H](CC(=O)Nc1ccc(C(=O)N(C)C)cc1)c1ccccc1. The van der Waals surface area contributed by atoms with Gasteiger partial charge in [-0.15, -0.1) is 0 Å². The lowest BCUT2D eigenvalue weighted by Gasteiger charge is -2.18. The van der Waals surface area contributed by atoms with Gasteiger partial charge in [-0.1, -0.05) is 30.3 Å². The lowest BCUT2D eigenvalue weighted by Crippen LogP contribution is -2.29. The van der Waals surface area contributed by atoms with E-state index in [0.717, 1.165) is 5.56 Å². The lowest BCUT2D eigenvalue weighted by atomic mass is 10.0. The topological polar surface area (TPSA) is 78.5 Å². The molecule has 0 spiro atoms. The summed E-state index contributed by atoms with van der Waals surface area (Å²) in [4.78, 5) is 37.2. The third-order valence-corrected chi connectivity index (χ3v) is 3.79. The molecule has 0 heterocycles. The van der Waals surface area contributed by atoms with Gasteiger partial charge in [-0.2, -0.15) is 0 Å². The van der Waals surface area contributed by atoms with Gasteiger partial charge in [0.2, 0.25) is 11.8 Å². The van der Waals surface area contributed by atoms with Crippen molar-refractivity contribution in [1.29, 1.82) is 0 Å². The summed E-state index contributed by atoms with van der Waals surface area (Å²) in [6, 6.07) is 15.7. The highest BCUT2D eigenvalue weighted by molar-refractivity contribution is 5.95. The Morgan fingerprint density at radius 2 is 1.58 bits per heavy atom. The van der Waals surface area contributed by atoms with E-state index in [0.29, 0.717) is 11.3 Å². The Morgan fingerprint density at radius 1 is 0.962 bits per heavy atom. The Morgan fingerprint density at radius 3 is 2.12 bits per heavy atom. The van der Waals surface area contributed by atoms with Gasteiger partial charge in [-0.05, 0) is 29.8 Å². The molecule has 136 valence electrons. The second kappa shape index (κ2) is 8.80. The Kier molecular flexibility index (Phi) is 6.49. The minimum atomic E-state index is -0.400. The molecule has 0 fully saturated rings. The highest BCUT2D eigenvalue weighted by Crippen LogP contribution is 2.18. The summed E-state index contributed by atoms with van der Waals surface area (Å²) in [5.41, 5.74) is 2.01. The number of hydrogen-bond donors (Lipinski definition) is 2. The molecule has 0 aliphatic rings. The van der Waals surface area contributed by atoms with Gasteiger partial charge in [-0.25, -0.2) is 0 Å². The smallest absolute Gasteiger partial charge is 0.253 e. The zero-order valence-electron chi connectivity index (χ0n) is 15.2. The predicted molar refractivity (Wildman–Crippen MR) is 101 cm³/mol. The van der Waals surface area contributed by atoms with E-state index in [2.05, 4.69) is 10.6 Å².